The zero-order valence-corrected chi connectivity index (χ0v) is 13.0. The summed E-state index contributed by atoms with van der Waals surface area (Å²) in [5, 5.41) is 13.3. The van der Waals surface area contributed by atoms with Crippen molar-refractivity contribution >= 4 is 23.4 Å². The molecule has 25 heavy (non-hydrogen) atoms. The molecule has 2 aromatic rings. The molecular formula is C17H13F3N2O3. The summed E-state index contributed by atoms with van der Waals surface area (Å²) in [6.07, 6.45) is -2.17. The normalized spacial score (nSPS) is 11.5. The van der Waals surface area contributed by atoms with Gasteiger partial charge in [0.25, 0.3) is 5.69 Å². The zero-order valence-electron chi connectivity index (χ0n) is 13.0. The van der Waals surface area contributed by atoms with Crippen LogP contribution in [0, 0.1) is 17.0 Å². The zero-order chi connectivity index (χ0) is 18.6. The Balaban J connectivity index is 2.15. The molecular weight excluding hydrogens is 337 g/mol. The van der Waals surface area contributed by atoms with Gasteiger partial charge in [-0.15, -0.1) is 0 Å². The predicted octanol–water partition coefficient (Wildman–Crippen LogP) is 4.57. The minimum atomic E-state index is -4.47. The molecule has 0 saturated heterocycles. The molecule has 0 saturated carbocycles. The van der Waals surface area contributed by atoms with E-state index >= 15 is 0 Å². The van der Waals surface area contributed by atoms with Gasteiger partial charge >= 0.3 is 6.18 Å². The van der Waals surface area contributed by atoms with E-state index in [0.717, 1.165) is 18.2 Å². The molecule has 0 spiro atoms. The number of nitro benzene ring substituents is 1. The lowest BCUT2D eigenvalue weighted by Crippen LogP contribution is -2.09. The van der Waals surface area contributed by atoms with Crippen LogP contribution in [-0.2, 0) is 11.0 Å². The van der Waals surface area contributed by atoms with Crippen molar-refractivity contribution in [2.75, 3.05) is 5.32 Å². The number of halogens is 3. The Kier molecular flexibility index (Phi) is 5.21. The van der Waals surface area contributed by atoms with Gasteiger partial charge in [0.1, 0.15) is 0 Å². The molecule has 0 fully saturated rings. The van der Waals surface area contributed by atoms with Crippen LogP contribution in [0.3, 0.4) is 0 Å². The van der Waals surface area contributed by atoms with Gasteiger partial charge in [0.15, 0.2) is 0 Å². The van der Waals surface area contributed by atoms with Crippen LogP contribution in [0.2, 0.25) is 0 Å². The molecule has 2 rings (SSSR count). The molecule has 2 aromatic carbocycles. The predicted molar refractivity (Wildman–Crippen MR) is 86.9 cm³/mol. The topological polar surface area (TPSA) is 72.2 Å². The summed E-state index contributed by atoms with van der Waals surface area (Å²) in [6.45, 7) is 1.49. The van der Waals surface area contributed by atoms with E-state index in [-0.39, 0.29) is 22.5 Å². The second kappa shape index (κ2) is 7.16. The molecule has 0 aliphatic heterocycles. The van der Waals surface area contributed by atoms with Crippen molar-refractivity contribution in [3.05, 3.63) is 75.3 Å². The highest BCUT2D eigenvalue weighted by Gasteiger charge is 2.30. The van der Waals surface area contributed by atoms with Gasteiger partial charge in [0, 0.05) is 12.1 Å². The van der Waals surface area contributed by atoms with E-state index in [4.69, 9.17) is 0 Å². The number of nitrogens with one attached hydrogen (secondary N) is 1. The monoisotopic (exact) mass is 350 g/mol. The third-order valence-electron chi connectivity index (χ3n) is 3.40. The molecule has 1 amide bonds. The van der Waals surface area contributed by atoms with E-state index in [1.165, 1.54) is 43.3 Å². The minimum Gasteiger partial charge on any atom is -0.322 e. The Morgan fingerprint density at radius 1 is 1.20 bits per heavy atom. The number of hydrogen-bond acceptors (Lipinski definition) is 3. The lowest BCUT2D eigenvalue weighted by molar-refractivity contribution is -0.385. The highest BCUT2D eigenvalue weighted by atomic mass is 19.4. The first-order valence-corrected chi connectivity index (χ1v) is 7.09. The first kappa shape index (κ1) is 18.2. The minimum absolute atomic E-state index is 0.139. The van der Waals surface area contributed by atoms with E-state index in [9.17, 15) is 28.1 Å². The smallest absolute Gasteiger partial charge is 0.322 e. The van der Waals surface area contributed by atoms with E-state index in [1.54, 1.807) is 0 Å². The maximum Gasteiger partial charge on any atom is 0.416 e. The van der Waals surface area contributed by atoms with Crippen molar-refractivity contribution < 1.29 is 22.9 Å². The lowest BCUT2D eigenvalue weighted by Gasteiger charge is -2.07. The van der Waals surface area contributed by atoms with Gasteiger partial charge in [0.05, 0.1) is 21.7 Å². The van der Waals surface area contributed by atoms with Gasteiger partial charge in [-0.25, -0.2) is 0 Å². The molecule has 0 bridgehead atoms. The molecule has 0 heterocycles. The fourth-order valence-corrected chi connectivity index (χ4v) is 2.12. The van der Waals surface area contributed by atoms with Gasteiger partial charge in [-0.3, -0.25) is 14.9 Å². The van der Waals surface area contributed by atoms with Crippen LogP contribution in [0.25, 0.3) is 6.08 Å². The number of alkyl halides is 3. The van der Waals surface area contributed by atoms with Crippen molar-refractivity contribution in [1.29, 1.82) is 0 Å². The summed E-state index contributed by atoms with van der Waals surface area (Å²) in [6, 6.07) is 8.76. The van der Waals surface area contributed by atoms with Crippen LogP contribution >= 0.6 is 0 Å². The first-order chi connectivity index (χ1) is 11.7. The second-order valence-electron chi connectivity index (χ2n) is 5.15. The molecule has 8 heteroatoms. The molecule has 0 atom stereocenters. The Morgan fingerprint density at radius 2 is 1.88 bits per heavy atom. The van der Waals surface area contributed by atoms with Crippen molar-refractivity contribution in [1.82, 2.24) is 0 Å². The molecule has 0 unspecified atom stereocenters. The summed E-state index contributed by atoms with van der Waals surface area (Å²) in [5.41, 5.74) is -0.203. The Hall–Kier alpha value is -3.16. The van der Waals surface area contributed by atoms with Crippen molar-refractivity contribution in [2.45, 2.75) is 13.1 Å². The Morgan fingerprint density at radius 3 is 2.52 bits per heavy atom. The van der Waals surface area contributed by atoms with Crippen LogP contribution in [-0.4, -0.2) is 10.8 Å². The Bertz CT molecular complexity index is 845. The maximum absolute atomic E-state index is 12.6. The number of amides is 1. The van der Waals surface area contributed by atoms with Crippen molar-refractivity contribution in [2.24, 2.45) is 0 Å². The molecule has 5 nitrogen and oxygen atoms in total. The molecule has 0 aliphatic carbocycles. The number of carbonyl (C=O) groups excluding carboxylic acids is 1. The van der Waals surface area contributed by atoms with Gasteiger partial charge in [-0.2, -0.15) is 13.2 Å². The third kappa shape index (κ3) is 4.66. The number of nitrogens with zero attached hydrogens (tertiary/aromatic N) is 1. The highest BCUT2D eigenvalue weighted by molar-refractivity contribution is 6.02. The van der Waals surface area contributed by atoms with Gasteiger partial charge in [0.2, 0.25) is 5.91 Å². The Labute approximate surface area is 140 Å². The molecule has 1 N–H and O–H groups in total. The number of nitro groups is 1. The van der Waals surface area contributed by atoms with Crippen LogP contribution < -0.4 is 5.32 Å². The number of hydrogen-bond donors (Lipinski definition) is 1. The van der Waals surface area contributed by atoms with Crippen LogP contribution in [0.15, 0.2) is 48.5 Å². The lowest BCUT2D eigenvalue weighted by atomic mass is 10.1. The second-order valence-corrected chi connectivity index (χ2v) is 5.15. The fraction of sp³-hybridized carbons (Fsp3) is 0.118. The average Bonchev–Trinajstić information content (AvgIpc) is 2.54. The van der Waals surface area contributed by atoms with Gasteiger partial charge < -0.3 is 5.32 Å². The molecule has 0 aromatic heterocycles. The van der Waals surface area contributed by atoms with Crippen molar-refractivity contribution in [3.8, 4) is 0 Å². The van der Waals surface area contributed by atoms with E-state index in [2.05, 4.69) is 5.32 Å². The molecule has 130 valence electrons. The van der Waals surface area contributed by atoms with E-state index < -0.39 is 22.6 Å². The van der Waals surface area contributed by atoms with Crippen molar-refractivity contribution in [3.63, 3.8) is 0 Å². The largest absolute Gasteiger partial charge is 0.416 e. The SMILES string of the molecule is Cc1c(NC(=O)/C=C/c2cccc(C(F)(F)F)c2)cccc1[N+](=O)[O-]. The highest BCUT2D eigenvalue weighted by Crippen LogP contribution is 2.30. The van der Waals surface area contributed by atoms with Crippen LogP contribution in [0.1, 0.15) is 16.7 Å². The fourth-order valence-electron chi connectivity index (χ4n) is 2.12. The average molecular weight is 350 g/mol. The maximum atomic E-state index is 12.6. The summed E-state index contributed by atoms with van der Waals surface area (Å²) in [4.78, 5) is 22.2. The summed E-state index contributed by atoms with van der Waals surface area (Å²) in [5.74, 6) is -0.610. The summed E-state index contributed by atoms with van der Waals surface area (Å²) >= 11 is 0. The van der Waals surface area contributed by atoms with Crippen LogP contribution in [0.5, 0.6) is 0 Å². The third-order valence-corrected chi connectivity index (χ3v) is 3.40. The van der Waals surface area contributed by atoms with E-state index in [1.807, 2.05) is 0 Å². The van der Waals surface area contributed by atoms with Gasteiger partial charge in [-0.1, -0.05) is 18.2 Å². The quantitative estimate of drug-likeness (QED) is 0.499. The van der Waals surface area contributed by atoms with Crippen LogP contribution in [0.4, 0.5) is 24.5 Å². The summed E-state index contributed by atoms with van der Waals surface area (Å²) in [7, 11) is 0. The van der Waals surface area contributed by atoms with Gasteiger partial charge in [-0.05, 0) is 36.8 Å². The number of rotatable bonds is 4. The summed E-state index contributed by atoms with van der Waals surface area (Å²) < 4.78 is 37.9. The molecule has 0 aliphatic rings. The van der Waals surface area contributed by atoms with E-state index in [0.29, 0.717) is 0 Å². The standard InChI is InChI=1S/C17H13F3N2O3/c1-11-14(6-3-7-15(11)22(24)25)21-16(23)9-8-12-4-2-5-13(10-12)17(18,19)20/h2-10H,1H3,(H,21,23)/b9-8+. The molecule has 0 radical (unpaired) electrons. The number of carbonyl (C=O) groups is 1. The first-order valence-electron chi connectivity index (χ1n) is 7.09. The number of anilines is 1. The number of benzene rings is 2.